The minimum absolute atomic E-state index is 0. The van der Waals surface area contributed by atoms with E-state index in [2.05, 4.69) is 34.5 Å². The van der Waals surface area contributed by atoms with E-state index < -0.39 is 0 Å². The van der Waals surface area contributed by atoms with Crippen molar-refractivity contribution >= 4 is 29.9 Å². The number of hydrogen-bond donors (Lipinski definition) is 2. The van der Waals surface area contributed by atoms with E-state index in [1.165, 1.54) is 19.4 Å². The van der Waals surface area contributed by atoms with Crippen molar-refractivity contribution < 1.29 is 0 Å². The summed E-state index contributed by atoms with van der Waals surface area (Å²) in [6.07, 6.45) is 3.71. The monoisotopic (exact) mass is 340 g/mol. The highest BCUT2D eigenvalue weighted by molar-refractivity contribution is 14.0. The third-order valence-electron chi connectivity index (χ3n) is 2.58. The molecule has 0 spiro atoms. The van der Waals surface area contributed by atoms with Gasteiger partial charge in [0.15, 0.2) is 5.96 Å². The number of hydrogen-bond acceptors (Lipinski definition) is 4. The lowest BCUT2D eigenvalue weighted by atomic mass is 10.3. The average molecular weight is 340 g/mol. The lowest BCUT2D eigenvalue weighted by Crippen LogP contribution is -2.43. The maximum Gasteiger partial charge on any atom is 0.191 e. The van der Waals surface area contributed by atoms with E-state index in [-0.39, 0.29) is 24.0 Å². The summed E-state index contributed by atoms with van der Waals surface area (Å²) in [6, 6.07) is 0. The molecule has 0 aliphatic carbocycles. The molecule has 0 unspecified atom stereocenters. The number of nitrogens with one attached hydrogen (secondary N) is 2. The Hall–Kier alpha value is -0.0400. The van der Waals surface area contributed by atoms with Crippen LogP contribution in [-0.4, -0.2) is 50.6 Å². The molecule has 0 fully saturated rings. The number of likely N-dealkylation sites (N-methyl/N-ethyl adjacent to an activating group) is 1. The van der Waals surface area contributed by atoms with Gasteiger partial charge in [0.1, 0.15) is 0 Å². The summed E-state index contributed by atoms with van der Waals surface area (Å²) in [7, 11) is 2.17. The number of halogens is 1. The Labute approximate surface area is 116 Å². The molecular weight excluding hydrogens is 315 g/mol. The summed E-state index contributed by atoms with van der Waals surface area (Å²) >= 11 is 0. The van der Waals surface area contributed by atoms with E-state index >= 15 is 0 Å². The van der Waals surface area contributed by atoms with Gasteiger partial charge in [-0.1, -0.05) is 13.3 Å². The highest BCUT2D eigenvalue weighted by Crippen LogP contribution is 1.91. The van der Waals surface area contributed by atoms with Gasteiger partial charge in [-0.15, -0.1) is 24.0 Å². The smallest absolute Gasteiger partial charge is 0.191 e. The molecule has 0 atom stereocenters. The maximum absolute atomic E-state index is 4.36. The molecule has 0 saturated heterocycles. The van der Waals surface area contributed by atoms with Gasteiger partial charge >= 0.3 is 0 Å². The first-order chi connectivity index (χ1) is 7.33. The molecule has 1 rings (SSSR count). The van der Waals surface area contributed by atoms with Crippen molar-refractivity contribution in [2.45, 2.75) is 26.2 Å². The number of rotatable bonds is 6. The molecule has 4 nitrogen and oxygen atoms in total. The SMILES string of the molecule is CCCCN(C)CCNC1=NCCCN1.I. The van der Waals surface area contributed by atoms with Crippen LogP contribution in [-0.2, 0) is 0 Å². The summed E-state index contributed by atoms with van der Waals surface area (Å²) in [5.41, 5.74) is 0. The van der Waals surface area contributed by atoms with Crippen LogP contribution >= 0.6 is 24.0 Å². The highest BCUT2D eigenvalue weighted by Gasteiger charge is 2.03. The summed E-state index contributed by atoms with van der Waals surface area (Å²) in [6.45, 7) is 7.50. The second kappa shape index (κ2) is 10.1. The lowest BCUT2D eigenvalue weighted by molar-refractivity contribution is 0.332. The van der Waals surface area contributed by atoms with Crippen molar-refractivity contribution in [3.8, 4) is 0 Å². The van der Waals surface area contributed by atoms with Crippen molar-refractivity contribution in [1.29, 1.82) is 0 Å². The van der Waals surface area contributed by atoms with E-state index in [1.807, 2.05) is 0 Å². The average Bonchev–Trinajstić information content (AvgIpc) is 2.28. The minimum atomic E-state index is 0. The van der Waals surface area contributed by atoms with Gasteiger partial charge in [-0.25, -0.2) is 0 Å². The highest BCUT2D eigenvalue weighted by atomic mass is 127. The molecule has 0 aromatic heterocycles. The Bertz CT molecular complexity index is 196. The fraction of sp³-hybridized carbons (Fsp3) is 0.909. The minimum Gasteiger partial charge on any atom is -0.356 e. The first kappa shape index (κ1) is 16.0. The summed E-state index contributed by atoms with van der Waals surface area (Å²) < 4.78 is 0. The van der Waals surface area contributed by atoms with Gasteiger partial charge in [0, 0.05) is 26.2 Å². The van der Waals surface area contributed by atoms with Gasteiger partial charge in [-0.05, 0) is 26.4 Å². The topological polar surface area (TPSA) is 39.7 Å². The molecule has 1 aliphatic rings. The molecule has 1 aliphatic heterocycles. The van der Waals surface area contributed by atoms with Gasteiger partial charge < -0.3 is 15.5 Å². The van der Waals surface area contributed by atoms with Gasteiger partial charge in [-0.3, -0.25) is 4.99 Å². The zero-order valence-corrected chi connectivity index (χ0v) is 12.8. The largest absolute Gasteiger partial charge is 0.356 e. The normalized spacial score (nSPS) is 15.1. The van der Waals surface area contributed by atoms with E-state index in [0.29, 0.717) is 0 Å². The molecule has 1 heterocycles. The quantitative estimate of drug-likeness (QED) is 0.716. The van der Waals surface area contributed by atoms with Crippen molar-refractivity contribution in [1.82, 2.24) is 15.5 Å². The third kappa shape index (κ3) is 7.27. The number of aliphatic imine (C=N–C) groups is 1. The first-order valence-corrected chi connectivity index (χ1v) is 6.03. The molecule has 0 saturated carbocycles. The fourth-order valence-electron chi connectivity index (χ4n) is 1.56. The van der Waals surface area contributed by atoms with Crippen LogP contribution < -0.4 is 10.6 Å². The molecule has 0 aromatic carbocycles. The molecule has 5 heteroatoms. The van der Waals surface area contributed by atoms with Crippen molar-refractivity contribution in [2.75, 3.05) is 39.8 Å². The molecule has 0 amide bonds. The molecule has 96 valence electrons. The summed E-state index contributed by atoms with van der Waals surface area (Å²) in [4.78, 5) is 6.73. The molecule has 2 N–H and O–H groups in total. The predicted octanol–water partition coefficient (Wildman–Crippen LogP) is 1.28. The zero-order chi connectivity index (χ0) is 10.9. The summed E-state index contributed by atoms with van der Waals surface area (Å²) in [5.74, 6) is 0.977. The molecule has 0 bridgehead atoms. The van der Waals surface area contributed by atoms with Crippen molar-refractivity contribution in [3.05, 3.63) is 0 Å². The standard InChI is InChI=1S/C11H24N4.HI/c1-3-4-9-15(2)10-8-14-11-12-6-5-7-13-11;/h3-10H2,1-2H3,(H2,12,13,14);1H. The van der Waals surface area contributed by atoms with Crippen LogP contribution in [0.25, 0.3) is 0 Å². The van der Waals surface area contributed by atoms with Crippen molar-refractivity contribution in [2.24, 2.45) is 4.99 Å². The van der Waals surface area contributed by atoms with Crippen LogP contribution in [0.4, 0.5) is 0 Å². The van der Waals surface area contributed by atoms with Crippen LogP contribution in [0.5, 0.6) is 0 Å². The maximum atomic E-state index is 4.36. The lowest BCUT2D eigenvalue weighted by Gasteiger charge is -2.19. The van der Waals surface area contributed by atoms with Crippen LogP contribution in [0.15, 0.2) is 4.99 Å². The molecule has 0 radical (unpaired) electrons. The summed E-state index contributed by atoms with van der Waals surface area (Å²) in [5, 5.41) is 6.58. The predicted molar refractivity (Wildman–Crippen MR) is 80.7 cm³/mol. The molecule has 16 heavy (non-hydrogen) atoms. The van der Waals surface area contributed by atoms with Crippen LogP contribution in [0.2, 0.25) is 0 Å². The number of nitrogens with zero attached hydrogens (tertiary/aromatic N) is 2. The second-order valence-electron chi connectivity index (χ2n) is 4.09. The molecular formula is C11H25IN4. The number of unbranched alkanes of at least 4 members (excludes halogenated alkanes) is 1. The Morgan fingerprint density at radius 2 is 2.25 bits per heavy atom. The van der Waals surface area contributed by atoms with Crippen LogP contribution in [0, 0.1) is 0 Å². The molecule has 0 aromatic rings. The van der Waals surface area contributed by atoms with Crippen LogP contribution in [0.3, 0.4) is 0 Å². The fourth-order valence-corrected chi connectivity index (χ4v) is 1.56. The Balaban J connectivity index is 0.00000225. The van der Waals surface area contributed by atoms with E-state index in [4.69, 9.17) is 0 Å². The number of guanidine groups is 1. The first-order valence-electron chi connectivity index (χ1n) is 6.03. The van der Waals surface area contributed by atoms with E-state index in [0.717, 1.165) is 38.6 Å². The van der Waals surface area contributed by atoms with Gasteiger partial charge in [-0.2, -0.15) is 0 Å². The van der Waals surface area contributed by atoms with E-state index in [9.17, 15) is 0 Å². The Kier molecular flexibility index (Phi) is 10.1. The van der Waals surface area contributed by atoms with Gasteiger partial charge in [0.2, 0.25) is 0 Å². The Morgan fingerprint density at radius 3 is 2.88 bits per heavy atom. The second-order valence-corrected chi connectivity index (χ2v) is 4.09. The van der Waals surface area contributed by atoms with Crippen molar-refractivity contribution in [3.63, 3.8) is 0 Å². The van der Waals surface area contributed by atoms with Gasteiger partial charge in [0.05, 0.1) is 0 Å². The Morgan fingerprint density at radius 1 is 1.44 bits per heavy atom. The zero-order valence-electron chi connectivity index (χ0n) is 10.5. The van der Waals surface area contributed by atoms with Gasteiger partial charge in [0.25, 0.3) is 0 Å². The van der Waals surface area contributed by atoms with E-state index in [1.54, 1.807) is 0 Å². The van der Waals surface area contributed by atoms with Crippen LogP contribution in [0.1, 0.15) is 26.2 Å². The third-order valence-corrected chi connectivity index (χ3v) is 2.58.